The summed E-state index contributed by atoms with van der Waals surface area (Å²) in [5.41, 5.74) is 0. The van der Waals surface area contributed by atoms with Gasteiger partial charge in [-0.25, -0.2) is 4.99 Å². The Bertz CT molecular complexity index is 372. The molecule has 1 aliphatic carbocycles. The van der Waals surface area contributed by atoms with Gasteiger partial charge in [-0.3, -0.25) is 4.79 Å². The first-order valence-corrected chi connectivity index (χ1v) is 9.51. The minimum absolute atomic E-state index is 0. The molecule has 0 radical (unpaired) electrons. The van der Waals surface area contributed by atoms with E-state index in [0.29, 0.717) is 31.1 Å². The van der Waals surface area contributed by atoms with E-state index < -0.39 is 0 Å². The summed E-state index contributed by atoms with van der Waals surface area (Å²) in [6.45, 7) is 9.45. The second-order valence-electron chi connectivity index (χ2n) is 6.82. The molecule has 0 aromatic rings. The van der Waals surface area contributed by atoms with Crippen LogP contribution in [0, 0.1) is 5.92 Å². The number of nitrogens with one attached hydrogen (secondary N) is 3. The Morgan fingerprint density at radius 2 is 1.88 bits per heavy atom. The highest BCUT2D eigenvalue weighted by Gasteiger charge is 2.15. The highest BCUT2D eigenvalue weighted by Crippen LogP contribution is 2.17. The van der Waals surface area contributed by atoms with Gasteiger partial charge in [0.25, 0.3) is 0 Å². The van der Waals surface area contributed by atoms with Crippen LogP contribution in [0.15, 0.2) is 4.99 Å². The van der Waals surface area contributed by atoms with Gasteiger partial charge in [0.15, 0.2) is 5.96 Å². The number of hydrogen-bond donors (Lipinski definition) is 3. The summed E-state index contributed by atoms with van der Waals surface area (Å²) in [5, 5.41) is 9.44. The standard InChI is InChI=1S/C18H36N4O2.HI/c1-4-19-18(20-11-13-24-12-10-15(2)3)21-14-17(23)22-16-8-6-5-7-9-16;/h15-16H,4-14H2,1-3H3,(H,22,23)(H2,19,20,21);1H. The van der Waals surface area contributed by atoms with Crippen molar-refractivity contribution >= 4 is 35.8 Å². The average molecular weight is 468 g/mol. The zero-order valence-corrected chi connectivity index (χ0v) is 18.4. The molecule has 0 aromatic heterocycles. The summed E-state index contributed by atoms with van der Waals surface area (Å²) in [6, 6.07) is 0.339. The maximum Gasteiger partial charge on any atom is 0.242 e. The van der Waals surface area contributed by atoms with E-state index in [2.05, 4.69) is 34.8 Å². The van der Waals surface area contributed by atoms with Crippen LogP contribution in [0.2, 0.25) is 0 Å². The number of ether oxygens (including phenoxy) is 1. The second-order valence-corrected chi connectivity index (χ2v) is 6.82. The number of hydrogen-bond acceptors (Lipinski definition) is 3. The van der Waals surface area contributed by atoms with Crippen LogP contribution in [0.1, 0.15) is 59.3 Å². The number of nitrogens with zero attached hydrogens (tertiary/aromatic N) is 1. The van der Waals surface area contributed by atoms with Crippen LogP contribution in [0.3, 0.4) is 0 Å². The molecule has 0 heterocycles. The van der Waals surface area contributed by atoms with Crippen molar-refractivity contribution in [3.8, 4) is 0 Å². The Balaban J connectivity index is 0.00000576. The first-order chi connectivity index (χ1) is 11.6. The quantitative estimate of drug-likeness (QED) is 0.200. The fourth-order valence-corrected chi connectivity index (χ4v) is 2.68. The third-order valence-corrected chi connectivity index (χ3v) is 4.07. The molecule has 0 atom stereocenters. The van der Waals surface area contributed by atoms with E-state index in [1.807, 2.05) is 6.92 Å². The largest absolute Gasteiger partial charge is 0.380 e. The van der Waals surface area contributed by atoms with Crippen LogP contribution < -0.4 is 16.0 Å². The zero-order chi connectivity index (χ0) is 17.6. The molecule has 148 valence electrons. The van der Waals surface area contributed by atoms with Crippen LogP contribution >= 0.6 is 24.0 Å². The molecule has 7 heteroatoms. The molecular formula is C18H37IN4O2. The van der Waals surface area contributed by atoms with Crippen molar-refractivity contribution in [3.63, 3.8) is 0 Å². The first kappa shape index (κ1) is 24.4. The van der Waals surface area contributed by atoms with E-state index in [9.17, 15) is 4.79 Å². The van der Waals surface area contributed by atoms with Gasteiger partial charge in [0.2, 0.25) is 5.91 Å². The van der Waals surface area contributed by atoms with E-state index in [4.69, 9.17) is 4.74 Å². The lowest BCUT2D eigenvalue weighted by atomic mass is 9.95. The lowest BCUT2D eigenvalue weighted by Crippen LogP contribution is -2.41. The fraction of sp³-hybridized carbons (Fsp3) is 0.889. The van der Waals surface area contributed by atoms with E-state index >= 15 is 0 Å². The van der Waals surface area contributed by atoms with Gasteiger partial charge in [-0.15, -0.1) is 24.0 Å². The smallest absolute Gasteiger partial charge is 0.242 e. The van der Waals surface area contributed by atoms with Gasteiger partial charge in [-0.2, -0.15) is 0 Å². The first-order valence-electron chi connectivity index (χ1n) is 9.51. The molecule has 1 fully saturated rings. The van der Waals surface area contributed by atoms with E-state index in [0.717, 1.165) is 32.4 Å². The molecule has 1 aliphatic rings. The van der Waals surface area contributed by atoms with Crippen molar-refractivity contribution in [1.82, 2.24) is 16.0 Å². The molecule has 1 amide bonds. The highest BCUT2D eigenvalue weighted by molar-refractivity contribution is 14.0. The van der Waals surface area contributed by atoms with Crippen molar-refractivity contribution in [3.05, 3.63) is 0 Å². The molecule has 0 bridgehead atoms. The lowest BCUT2D eigenvalue weighted by Gasteiger charge is -2.22. The minimum atomic E-state index is 0. The van der Waals surface area contributed by atoms with Crippen molar-refractivity contribution in [2.45, 2.75) is 65.3 Å². The van der Waals surface area contributed by atoms with Gasteiger partial charge in [0.1, 0.15) is 6.54 Å². The summed E-state index contributed by atoms with van der Waals surface area (Å²) in [6.07, 6.45) is 7.00. The summed E-state index contributed by atoms with van der Waals surface area (Å²) >= 11 is 0. The molecule has 0 aliphatic heterocycles. The normalized spacial score (nSPS) is 15.6. The van der Waals surface area contributed by atoms with Crippen LogP contribution in [-0.4, -0.2) is 50.8 Å². The van der Waals surface area contributed by atoms with Gasteiger partial charge in [-0.1, -0.05) is 33.1 Å². The Morgan fingerprint density at radius 3 is 2.52 bits per heavy atom. The number of carbonyl (C=O) groups excluding carboxylic acids is 1. The van der Waals surface area contributed by atoms with E-state index in [1.54, 1.807) is 0 Å². The van der Waals surface area contributed by atoms with Gasteiger partial charge in [0, 0.05) is 25.7 Å². The predicted octanol–water partition coefficient (Wildman–Crippen LogP) is 2.67. The number of halogens is 1. The highest BCUT2D eigenvalue weighted by atomic mass is 127. The number of amides is 1. The molecule has 3 N–H and O–H groups in total. The third-order valence-electron chi connectivity index (χ3n) is 4.07. The molecule has 1 rings (SSSR count). The van der Waals surface area contributed by atoms with Crippen LogP contribution in [0.25, 0.3) is 0 Å². The van der Waals surface area contributed by atoms with E-state index in [-0.39, 0.29) is 36.4 Å². The molecule has 0 aromatic carbocycles. The Hall–Kier alpha value is -0.570. The van der Waals surface area contributed by atoms with Gasteiger partial charge >= 0.3 is 0 Å². The number of guanidine groups is 1. The molecule has 1 saturated carbocycles. The number of rotatable bonds is 10. The molecule has 0 spiro atoms. The van der Waals surface area contributed by atoms with Crippen LogP contribution in [0.5, 0.6) is 0 Å². The van der Waals surface area contributed by atoms with Crippen molar-refractivity contribution in [1.29, 1.82) is 0 Å². The van der Waals surface area contributed by atoms with E-state index in [1.165, 1.54) is 19.3 Å². The molecule has 25 heavy (non-hydrogen) atoms. The van der Waals surface area contributed by atoms with Crippen molar-refractivity contribution in [2.75, 3.05) is 32.8 Å². The number of carbonyl (C=O) groups is 1. The summed E-state index contributed by atoms with van der Waals surface area (Å²) in [5.74, 6) is 1.34. The van der Waals surface area contributed by atoms with Crippen LogP contribution in [-0.2, 0) is 9.53 Å². The minimum Gasteiger partial charge on any atom is -0.380 e. The SMILES string of the molecule is CCNC(=NCC(=O)NC1CCCCC1)NCCOCCC(C)C.I. The monoisotopic (exact) mass is 468 g/mol. The van der Waals surface area contributed by atoms with Gasteiger partial charge in [0.05, 0.1) is 6.61 Å². The van der Waals surface area contributed by atoms with Crippen molar-refractivity contribution in [2.24, 2.45) is 10.9 Å². The van der Waals surface area contributed by atoms with Gasteiger partial charge < -0.3 is 20.7 Å². The zero-order valence-electron chi connectivity index (χ0n) is 16.1. The molecule has 0 unspecified atom stereocenters. The molecule has 0 saturated heterocycles. The lowest BCUT2D eigenvalue weighted by molar-refractivity contribution is -0.120. The predicted molar refractivity (Wildman–Crippen MR) is 115 cm³/mol. The molecule has 6 nitrogen and oxygen atoms in total. The second kappa shape index (κ2) is 15.7. The average Bonchev–Trinajstić information content (AvgIpc) is 2.56. The van der Waals surface area contributed by atoms with Gasteiger partial charge in [-0.05, 0) is 32.1 Å². The maximum atomic E-state index is 12.0. The Morgan fingerprint density at radius 1 is 1.16 bits per heavy atom. The Labute approximate surface area is 170 Å². The van der Waals surface area contributed by atoms with Crippen LogP contribution in [0.4, 0.5) is 0 Å². The summed E-state index contributed by atoms with van der Waals surface area (Å²) < 4.78 is 5.57. The van der Waals surface area contributed by atoms with Crippen molar-refractivity contribution < 1.29 is 9.53 Å². The fourth-order valence-electron chi connectivity index (χ4n) is 2.68. The number of aliphatic imine (C=N–C) groups is 1. The summed E-state index contributed by atoms with van der Waals surface area (Å²) in [4.78, 5) is 16.4. The maximum absolute atomic E-state index is 12.0. The Kier molecular flexibility index (Phi) is 15.3. The topological polar surface area (TPSA) is 74.8 Å². The molecular weight excluding hydrogens is 431 g/mol. The third kappa shape index (κ3) is 13.3. The summed E-state index contributed by atoms with van der Waals surface area (Å²) in [7, 11) is 0.